The van der Waals surface area contributed by atoms with Gasteiger partial charge < -0.3 is 107 Å². The predicted molar refractivity (Wildman–Crippen MR) is 519 cm³/mol. The van der Waals surface area contributed by atoms with Gasteiger partial charge in [0.2, 0.25) is 11.8 Å². The minimum Gasteiger partial charge on any atom is -0.790 e. The highest BCUT2D eigenvalue weighted by molar-refractivity contribution is 7.43. The van der Waals surface area contributed by atoms with E-state index in [1.807, 2.05) is 6.92 Å². The number of amides is 2. The van der Waals surface area contributed by atoms with Crippen LogP contribution in [0.15, 0.2) is 0 Å². The van der Waals surface area contributed by atoms with Crippen LogP contribution >= 0.6 is 15.6 Å². The molecule has 0 spiro atoms. The first-order chi connectivity index (χ1) is 64.2. The minimum atomic E-state index is -6.18. The molecule has 2 amide bonds. The molecule has 786 valence electrons. The molecule has 2 heterocycles. The fourth-order valence-corrected chi connectivity index (χ4v) is 19.5. The number of ether oxygens (including phenoxy) is 6. The van der Waals surface area contributed by atoms with E-state index in [-0.39, 0.29) is 38.2 Å². The van der Waals surface area contributed by atoms with Crippen LogP contribution < -0.4 is 30.2 Å². The van der Waals surface area contributed by atoms with Gasteiger partial charge in [0.05, 0.1) is 79.0 Å². The van der Waals surface area contributed by atoms with Crippen molar-refractivity contribution < 1.29 is 121 Å². The van der Waals surface area contributed by atoms with Gasteiger partial charge in [-0.3, -0.25) is 24.0 Å². The smallest absolute Gasteiger partial charge is 0.308 e. The maximum Gasteiger partial charge on any atom is 0.308 e. The van der Waals surface area contributed by atoms with E-state index in [0.717, 1.165) is 212 Å². The van der Waals surface area contributed by atoms with E-state index in [2.05, 4.69) is 38.3 Å². The van der Waals surface area contributed by atoms with Crippen molar-refractivity contribution in [3.8, 4) is 0 Å². The first-order valence-electron chi connectivity index (χ1n) is 54.8. The quantitative estimate of drug-likeness (QED) is 0.0121. The number of esters is 3. The zero-order chi connectivity index (χ0) is 97.5. The standard InChI is InChI=1S/C104H200N2O25P2/c1-6-10-14-18-22-26-28-41-46-52-58-62-68-74-86(109)79-92(112)105-97-101(128-95(115)80-87(110)75-69-63-56-49-24-20-16-12-8-3)99(117)91(127-104(97)131-133(121,122)123)84-124-103-98(102(100(90(83-107)126-103)130-132(118,119)120)129-96(116)81-88(111)76-70-64-57-50-25-21-17-13-9-4)106-93(113)82-89(77-71-65-59-53-47-42-29-27-23-19-15-11-7-2)125-94(114)78-72-66-60-54-48-44-40-38-36-34-32-30-31-33-35-37-39-43-45-51-55-61-67-73-85(5)108/h85-91,97-104,107-111,117H,6-84H2,1-5H3,(H,105,112)(H,106,113)(H2,118,119,120)(H2,121,122,123)/p-4/t85-,86-,87-,88-,89-,90-,91-,97-,98-,99-,100-,101-,102-,103-,104-/m1/s1. The topological polar surface area (TPSA) is 431 Å². The molecule has 2 fully saturated rings. The highest BCUT2D eigenvalue weighted by atomic mass is 31.2. The average Bonchev–Trinajstić information content (AvgIpc) is 0.777. The molecule has 2 aliphatic rings. The first-order valence-corrected chi connectivity index (χ1v) is 57.7. The normalized spacial score (nSPS) is 20.1. The van der Waals surface area contributed by atoms with E-state index in [4.69, 9.17) is 37.5 Å². The molecule has 2 rings (SSSR count). The van der Waals surface area contributed by atoms with Crippen LogP contribution in [0.1, 0.15) is 529 Å². The third kappa shape index (κ3) is 72.2. The van der Waals surface area contributed by atoms with Crippen molar-refractivity contribution in [3.63, 3.8) is 0 Å². The van der Waals surface area contributed by atoms with E-state index in [0.29, 0.717) is 32.1 Å². The lowest BCUT2D eigenvalue weighted by Crippen LogP contribution is -2.68. The Balaban J connectivity index is 2.52. The van der Waals surface area contributed by atoms with Crippen molar-refractivity contribution in [2.75, 3.05) is 13.2 Å². The summed E-state index contributed by atoms with van der Waals surface area (Å²) in [6.45, 7) is 8.36. The van der Waals surface area contributed by atoms with Crippen molar-refractivity contribution in [3.05, 3.63) is 0 Å². The van der Waals surface area contributed by atoms with Gasteiger partial charge in [-0.2, -0.15) is 0 Å². The Morgan fingerprint density at radius 2 is 0.609 bits per heavy atom. The number of aliphatic hydroxyl groups is 6. The Morgan fingerprint density at radius 3 is 0.932 bits per heavy atom. The fourth-order valence-electron chi connectivity index (χ4n) is 18.6. The molecule has 0 saturated carbocycles. The second-order valence-corrected chi connectivity index (χ2v) is 41.7. The number of phosphoric ester groups is 2. The van der Waals surface area contributed by atoms with Gasteiger partial charge in [-0.1, -0.05) is 445 Å². The van der Waals surface area contributed by atoms with Gasteiger partial charge in [-0.05, 0) is 51.9 Å². The van der Waals surface area contributed by atoms with Crippen molar-refractivity contribution >= 4 is 45.4 Å². The summed E-state index contributed by atoms with van der Waals surface area (Å²) < 4.78 is 72.2. The van der Waals surface area contributed by atoms with E-state index in [1.165, 1.54) is 193 Å². The molecule has 29 heteroatoms. The maximum absolute atomic E-state index is 15.1. The second kappa shape index (κ2) is 84.9. The molecule has 2 aliphatic heterocycles. The molecule has 2 saturated heterocycles. The Hall–Kier alpha value is -2.79. The lowest BCUT2D eigenvalue weighted by Gasteiger charge is -2.49. The number of carbonyl (C=O) groups excluding carboxylic acids is 5. The van der Waals surface area contributed by atoms with Gasteiger partial charge in [-0.15, -0.1) is 0 Å². The van der Waals surface area contributed by atoms with Crippen LogP contribution in [-0.2, 0) is 70.6 Å². The molecule has 0 aromatic carbocycles. The molecule has 15 atom stereocenters. The van der Waals surface area contributed by atoms with Gasteiger partial charge >= 0.3 is 17.9 Å². The summed E-state index contributed by atoms with van der Waals surface area (Å²) in [5.74, 6) is -4.70. The Kier molecular flexibility index (Phi) is 80.6. The van der Waals surface area contributed by atoms with Crippen molar-refractivity contribution in [1.29, 1.82) is 0 Å². The van der Waals surface area contributed by atoms with Gasteiger partial charge in [-0.25, -0.2) is 0 Å². The molecule has 133 heavy (non-hydrogen) atoms. The second-order valence-electron chi connectivity index (χ2n) is 39.5. The number of unbranched alkanes of at least 4 members (excludes halogenated alkanes) is 62. The average molecular weight is 1940 g/mol. The van der Waals surface area contributed by atoms with Gasteiger partial charge in [0.25, 0.3) is 0 Å². The molecule has 0 aliphatic carbocycles. The molecule has 27 nitrogen and oxygen atoms in total. The molecule has 0 bridgehead atoms. The van der Waals surface area contributed by atoms with Crippen molar-refractivity contribution in [2.24, 2.45) is 0 Å². The van der Waals surface area contributed by atoms with Crippen LogP contribution in [0.4, 0.5) is 0 Å². The first kappa shape index (κ1) is 126. The zero-order valence-corrected chi connectivity index (χ0v) is 86.1. The Bertz CT molecular complexity index is 2840. The Labute approximate surface area is 806 Å². The van der Waals surface area contributed by atoms with Gasteiger partial charge in [0.15, 0.2) is 24.8 Å². The van der Waals surface area contributed by atoms with Gasteiger partial charge in [0, 0.05) is 6.42 Å². The molecule has 8 N–H and O–H groups in total. The number of carbonyl (C=O) groups is 5. The SMILES string of the molecule is CCCCCCCCCCCCCCC[C@@H](O)CC(=O)N[C@H]1[C@@H](OP(=O)([O-])[O-])O[C@H](CO[C@@H]2O[C@H](CO)[C@@H](OP(=O)([O-])[O-])[C@H](OC(=O)C[C@H](O)CCCCCCCCCCC)[C@H]2NC(=O)C[C@@H](CCCCCCCCCCCCCCC)OC(=O)CCCCCCCCCCCCCCCCCCCCCCCCC[C@@H](C)O)[C@@H](O)[C@@H]1OC(=O)C[C@H](O)CCCCCCCCCCC. The largest absolute Gasteiger partial charge is 0.790 e. The number of hydrogen-bond acceptors (Lipinski definition) is 25. The summed E-state index contributed by atoms with van der Waals surface area (Å²) in [6, 6.07) is -3.99. The van der Waals surface area contributed by atoms with E-state index in [9.17, 15) is 78.5 Å². The highest BCUT2D eigenvalue weighted by Gasteiger charge is 2.54. The predicted octanol–water partition coefficient (Wildman–Crippen LogP) is 21.2. The number of rotatable bonds is 95. The lowest BCUT2D eigenvalue weighted by molar-refractivity contribution is -0.364. The van der Waals surface area contributed by atoms with Crippen molar-refractivity contribution in [1.82, 2.24) is 10.6 Å². The monoisotopic (exact) mass is 1940 g/mol. The van der Waals surface area contributed by atoms with Crippen LogP contribution in [-0.4, -0.2) is 165 Å². The van der Waals surface area contributed by atoms with E-state index in [1.54, 1.807) is 0 Å². The van der Waals surface area contributed by atoms with Crippen LogP contribution in [0, 0.1) is 0 Å². The zero-order valence-electron chi connectivity index (χ0n) is 84.4. The van der Waals surface area contributed by atoms with Crippen molar-refractivity contribution in [2.45, 2.75) is 621 Å². The van der Waals surface area contributed by atoms with Crippen LogP contribution in [0.3, 0.4) is 0 Å². The Morgan fingerprint density at radius 1 is 0.331 bits per heavy atom. The highest BCUT2D eigenvalue weighted by Crippen LogP contribution is 2.39. The third-order valence-corrected chi connectivity index (χ3v) is 27.6. The number of phosphoric acid groups is 2. The van der Waals surface area contributed by atoms with E-state index >= 15 is 4.79 Å². The summed E-state index contributed by atoms with van der Waals surface area (Å²) in [4.78, 5) is 123. The summed E-state index contributed by atoms with van der Waals surface area (Å²) in [7, 11) is -12.3. The molecule has 0 radical (unpaired) electrons. The molecular weight excluding hydrogens is 1740 g/mol. The number of hydrogen-bond donors (Lipinski definition) is 8. The molecule has 0 aromatic heterocycles. The van der Waals surface area contributed by atoms with Crippen LogP contribution in [0.25, 0.3) is 0 Å². The lowest BCUT2D eigenvalue weighted by atomic mass is 9.95. The summed E-state index contributed by atoms with van der Waals surface area (Å²) >= 11 is 0. The fraction of sp³-hybridized carbons (Fsp3) is 0.952. The minimum absolute atomic E-state index is 0.0742. The molecule has 0 aromatic rings. The van der Waals surface area contributed by atoms with Crippen LogP contribution in [0.2, 0.25) is 0 Å². The number of nitrogens with one attached hydrogen (secondary N) is 2. The molecule has 0 unspecified atom stereocenters. The summed E-state index contributed by atoms with van der Waals surface area (Å²) in [6.07, 6.45) is 50.2. The van der Waals surface area contributed by atoms with Crippen LogP contribution in [0.5, 0.6) is 0 Å². The summed E-state index contributed by atoms with van der Waals surface area (Å²) in [5.41, 5.74) is 0. The summed E-state index contributed by atoms with van der Waals surface area (Å²) in [5, 5.41) is 71.9. The maximum atomic E-state index is 15.1. The number of aliphatic hydroxyl groups excluding tert-OH is 6. The van der Waals surface area contributed by atoms with E-state index < -0.39 is 170 Å². The third-order valence-electron chi connectivity index (χ3n) is 26.6. The van der Waals surface area contributed by atoms with Gasteiger partial charge in [0.1, 0.15) is 42.6 Å². The molecular formula is C104H196N2O25P2-4.